The molecule has 170 valence electrons. The lowest BCUT2D eigenvalue weighted by atomic mass is 10.2. The van der Waals surface area contributed by atoms with Gasteiger partial charge in [-0.15, -0.1) is 0 Å². The van der Waals surface area contributed by atoms with Crippen molar-refractivity contribution in [2.75, 3.05) is 17.2 Å². The normalized spacial score (nSPS) is 13.8. The van der Waals surface area contributed by atoms with Crippen LogP contribution in [0.4, 0.5) is 10.1 Å². The Bertz CT molecular complexity index is 1280. The van der Waals surface area contributed by atoms with Gasteiger partial charge in [-0.25, -0.2) is 9.37 Å². The van der Waals surface area contributed by atoms with E-state index in [-0.39, 0.29) is 41.9 Å². The van der Waals surface area contributed by atoms with Gasteiger partial charge in [0.2, 0.25) is 5.91 Å². The van der Waals surface area contributed by atoms with Crippen LogP contribution in [-0.4, -0.2) is 27.8 Å². The van der Waals surface area contributed by atoms with Gasteiger partial charge in [-0.3, -0.25) is 14.2 Å². The molecule has 6 nitrogen and oxygen atoms in total. The molecule has 1 aromatic heterocycles. The van der Waals surface area contributed by atoms with Gasteiger partial charge in [-0.05, 0) is 43.2 Å². The van der Waals surface area contributed by atoms with Crippen molar-refractivity contribution in [3.05, 3.63) is 63.7 Å². The van der Waals surface area contributed by atoms with Crippen LogP contribution in [0.25, 0.3) is 10.9 Å². The number of nitriles is 1. The first-order chi connectivity index (χ1) is 16.0. The topological polar surface area (TPSA) is 79.0 Å². The van der Waals surface area contributed by atoms with E-state index in [1.165, 1.54) is 17.0 Å². The number of amides is 1. The predicted molar refractivity (Wildman–Crippen MR) is 128 cm³/mol. The number of hydrogen-bond acceptors (Lipinski definition) is 5. The maximum absolute atomic E-state index is 14.4. The number of carbonyl (C=O) groups excluding carboxylic acids is 1. The Morgan fingerprint density at radius 1 is 1.27 bits per heavy atom. The zero-order valence-corrected chi connectivity index (χ0v) is 19.4. The second kappa shape index (κ2) is 10.4. The van der Waals surface area contributed by atoms with Crippen molar-refractivity contribution in [1.29, 1.82) is 5.26 Å². The van der Waals surface area contributed by atoms with E-state index in [2.05, 4.69) is 4.98 Å². The summed E-state index contributed by atoms with van der Waals surface area (Å²) in [5, 5.41) is 10.4. The molecule has 9 heteroatoms. The van der Waals surface area contributed by atoms with Crippen molar-refractivity contribution in [3.63, 3.8) is 0 Å². The third kappa shape index (κ3) is 5.05. The number of thioether (sulfide) groups is 1. The Balaban J connectivity index is 1.66. The van der Waals surface area contributed by atoms with Crippen LogP contribution in [0.1, 0.15) is 38.1 Å². The number of rotatable bonds is 7. The first-order valence-electron chi connectivity index (χ1n) is 10.8. The summed E-state index contributed by atoms with van der Waals surface area (Å²) >= 11 is 7.26. The molecule has 1 fully saturated rings. The Morgan fingerprint density at radius 3 is 2.76 bits per heavy atom. The Labute approximate surface area is 200 Å². The molecule has 0 unspecified atom stereocenters. The highest BCUT2D eigenvalue weighted by molar-refractivity contribution is 7.99. The van der Waals surface area contributed by atoms with Crippen LogP contribution in [0, 0.1) is 17.1 Å². The molecule has 33 heavy (non-hydrogen) atoms. The van der Waals surface area contributed by atoms with Gasteiger partial charge in [0.15, 0.2) is 5.16 Å². The van der Waals surface area contributed by atoms with Gasteiger partial charge in [-0.1, -0.05) is 48.3 Å². The minimum Gasteiger partial charge on any atom is -0.308 e. The van der Waals surface area contributed by atoms with Gasteiger partial charge in [0.25, 0.3) is 5.56 Å². The summed E-state index contributed by atoms with van der Waals surface area (Å²) in [6, 6.07) is 13.0. The molecule has 0 spiro atoms. The van der Waals surface area contributed by atoms with Gasteiger partial charge in [0.05, 0.1) is 34.8 Å². The lowest BCUT2D eigenvalue weighted by Crippen LogP contribution is -2.34. The van der Waals surface area contributed by atoms with Crippen molar-refractivity contribution in [2.24, 2.45) is 0 Å². The van der Waals surface area contributed by atoms with Gasteiger partial charge >= 0.3 is 0 Å². The number of carbonyl (C=O) groups is 1. The van der Waals surface area contributed by atoms with Gasteiger partial charge in [0, 0.05) is 17.6 Å². The molecule has 0 radical (unpaired) electrons. The summed E-state index contributed by atoms with van der Waals surface area (Å²) in [7, 11) is 0. The summed E-state index contributed by atoms with van der Waals surface area (Å²) in [5.41, 5.74) is 0.464. The van der Waals surface area contributed by atoms with E-state index in [0.717, 1.165) is 37.4 Å². The van der Waals surface area contributed by atoms with E-state index in [4.69, 9.17) is 16.9 Å². The highest BCUT2D eigenvalue weighted by Gasteiger charge is 2.25. The Kier molecular flexibility index (Phi) is 7.31. The molecule has 1 saturated carbocycles. The monoisotopic (exact) mass is 484 g/mol. The number of halogens is 2. The maximum atomic E-state index is 14.4. The molecule has 4 rings (SSSR count). The van der Waals surface area contributed by atoms with E-state index < -0.39 is 5.82 Å². The fraction of sp³-hybridized carbons (Fsp3) is 0.333. The van der Waals surface area contributed by atoms with Crippen molar-refractivity contribution >= 4 is 45.9 Å². The third-order valence-corrected chi connectivity index (χ3v) is 6.91. The van der Waals surface area contributed by atoms with E-state index in [1.807, 2.05) is 6.07 Å². The fourth-order valence-corrected chi connectivity index (χ4v) is 5.26. The molecular formula is C24H22ClFN4O2S. The quantitative estimate of drug-likeness (QED) is 0.334. The summed E-state index contributed by atoms with van der Waals surface area (Å²) in [5.74, 6) is -0.945. The van der Waals surface area contributed by atoms with E-state index in [1.54, 1.807) is 34.9 Å². The molecule has 0 N–H and O–H groups in total. The van der Waals surface area contributed by atoms with Gasteiger partial charge in [0.1, 0.15) is 5.82 Å². The Hall–Kier alpha value is -2.89. The predicted octanol–water partition coefficient (Wildman–Crippen LogP) is 5.34. The molecule has 0 bridgehead atoms. The lowest BCUT2D eigenvalue weighted by Gasteiger charge is -2.23. The van der Waals surface area contributed by atoms with Crippen molar-refractivity contribution in [1.82, 2.24) is 9.55 Å². The van der Waals surface area contributed by atoms with Crippen molar-refractivity contribution in [2.45, 2.75) is 43.3 Å². The fourth-order valence-electron chi connectivity index (χ4n) is 4.15. The molecule has 0 saturated heterocycles. The summed E-state index contributed by atoms with van der Waals surface area (Å²) < 4.78 is 16.1. The smallest absolute Gasteiger partial charge is 0.262 e. The molecule has 0 atom stereocenters. The number of fused-ring (bicyclic) bond motifs is 1. The summed E-state index contributed by atoms with van der Waals surface area (Å²) in [6.07, 6.45) is 3.91. The summed E-state index contributed by atoms with van der Waals surface area (Å²) in [4.78, 5) is 32.4. The van der Waals surface area contributed by atoms with Crippen LogP contribution >= 0.6 is 23.4 Å². The largest absolute Gasteiger partial charge is 0.308 e. The second-order valence-electron chi connectivity index (χ2n) is 7.86. The van der Waals surface area contributed by atoms with Crippen molar-refractivity contribution < 1.29 is 9.18 Å². The highest BCUT2D eigenvalue weighted by atomic mass is 35.5. The highest BCUT2D eigenvalue weighted by Crippen LogP contribution is 2.33. The second-order valence-corrected chi connectivity index (χ2v) is 9.24. The molecule has 1 amide bonds. The van der Waals surface area contributed by atoms with Crippen LogP contribution in [-0.2, 0) is 4.79 Å². The van der Waals surface area contributed by atoms with E-state index in [0.29, 0.717) is 21.1 Å². The van der Waals surface area contributed by atoms with Crippen LogP contribution < -0.4 is 10.5 Å². The zero-order valence-electron chi connectivity index (χ0n) is 17.8. The first-order valence-corrected chi connectivity index (χ1v) is 12.1. The van der Waals surface area contributed by atoms with Gasteiger partial charge in [-0.2, -0.15) is 5.26 Å². The molecule has 2 aromatic carbocycles. The molecule has 3 aromatic rings. The molecular weight excluding hydrogens is 463 g/mol. The SMILES string of the molecule is N#CCCN(C(=O)CSc1nc2cc(Cl)ccc2c(=O)n1C1CCCC1)c1ccccc1F. The first kappa shape index (κ1) is 23.3. The van der Waals surface area contributed by atoms with Crippen LogP contribution in [0.2, 0.25) is 5.02 Å². The molecule has 1 aliphatic carbocycles. The average Bonchev–Trinajstić information content (AvgIpc) is 3.33. The van der Waals surface area contributed by atoms with Crippen LogP contribution in [0.15, 0.2) is 52.4 Å². The molecule has 0 aliphatic heterocycles. The standard InChI is InChI=1S/C24H22ClFN4O2S/c25-16-10-11-18-20(14-16)28-24(30(23(18)32)17-6-1-2-7-17)33-15-22(31)29(13-5-12-27)21-9-4-3-8-19(21)26/h3-4,8-11,14,17H,1-2,5-7,13,15H2. The number of para-hydroxylation sites is 1. The third-order valence-electron chi connectivity index (χ3n) is 5.74. The van der Waals surface area contributed by atoms with Crippen LogP contribution in [0.5, 0.6) is 0 Å². The van der Waals surface area contributed by atoms with E-state index >= 15 is 0 Å². The van der Waals surface area contributed by atoms with Crippen LogP contribution in [0.3, 0.4) is 0 Å². The number of hydrogen-bond donors (Lipinski definition) is 0. The minimum atomic E-state index is -0.532. The molecule has 1 aliphatic rings. The average molecular weight is 485 g/mol. The zero-order chi connectivity index (χ0) is 23.4. The Morgan fingerprint density at radius 2 is 2.03 bits per heavy atom. The number of benzene rings is 2. The van der Waals surface area contributed by atoms with E-state index in [9.17, 15) is 14.0 Å². The van der Waals surface area contributed by atoms with Gasteiger partial charge < -0.3 is 4.90 Å². The maximum Gasteiger partial charge on any atom is 0.262 e. The number of aromatic nitrogens is 2. The molecule has 1 heterocycles. The minimum absolute atomic E-state index is 0.0314. The summed E-state index contributed by atoms with van der Waals surface area (Å²) in [6.45, 7) is 0.0764. The lowest BCUT2D eigenvalue weighted by molar-refractivity contribution is -0.116. The van der Waals surface area contributed by atoms with Crippen molar-refractivity contribution in [3.8, 4) is 6.07 Å². The number of anilines is 1. The number of nitrogens with zero attached hydrogens (tertiary/aromatic N) is 4.